The second kappa shape index (κ2) is 4.95. The van der Waals surface area contributed by atoms with Crippen molar-refractivity contribution in [1.29, 1.82) is 0 Å². The van der Waals surface area contributed by atoms with Gasteiger partial charge in [-0.05, 0) is 6.42 Å². The van der Waals surface area contributed by atoms with Crippen LogP contribution in [0.25, 0.3) is 0 Å². The molecule has 0 aliphatic heterocycles. The fourth-order valence-electron chi connectivity index (χ4n) is 0.780. The molecule has 6 heteroatoms. The Kier molecular flexibility index (Phi) is 4.91. The van der Waals surface area contributed by atoms with Crippen LogP contribution >= 0.6 is 0 Å². The van der Waals surface area contributed by atoms with Crippen molar-refractivity contribution >= 4 is 19.7 Å². The van der Waals surface area contributed by atoms with Crippen molar-refractivity contribution in [2.24, 2.45) is 0 Å². The van der Waals surface area contributed by atoms with E-state index >= 15 is 0 Å². The quantitative estimate of drug-likeness (QED) is 0.667. The predicted molar refractivity (Wildman–Crippen MR) is 53.0 cm³/mol. The van der Waals surface area contributed by atoms with E-state index in [1.165, 1.54) is 6.92 Å². The van der Waals surface area contributed by atoms with E-state index in [9.17, 15) is 16.8 Å². The summed E-state index contributed by atoms with van der Waals surface area (Å²) in [6, 6.07) is 0. The number of hydrogen-bond acceptors (Lipinski definition) is 4. The van der Waals surface area contributed by atoms with Crippen molar-refractivity contribution in [3.05, 3.63) is 0 Å². The summed E-state index contributed by atoms with van der Waals surface area (Å²) >= 11 is 0. The van der Waals surface area contributed by atoms with Gasteiger partial charge in [0.25, 0.3) is 0 Å². The monoisotopic (exact) mass is 228 g/mol. The van der Waals surface area contributed by atoms with E-state index in [2.05, 4.69) is 0 Å². The van der Waals surface area contributed by atoms with E-state index in [1.807, 2.05) is 6.92 Å². The van der Waals surface area contributed by atoms with E-state index in [-0.39, 0.29) is 11.5 Å². The van der Waals surface area contributed by atoms with Crippen LogP contribution < -0.4 is 0 Å². The SMILES string of the molecule is CCCCS(=O)(=O)CS(=O)(=O)CC. The molecule has 0 aliphatic rings. The Morgan fingerprint density at radius 3 is 1.85 bits per heavy atom. The summed E-state index contributed by atoms with van der Waals surface area (Å²) in [5.74, 6) is -0.138. The van der Waals surface area contributed by atoms with E-state index in [1.54, 1.807) is 0 Å². The normalized spacial score (nSPS) is 13.1. The lowest BCUT2D eigenvalue weighted by Gasteiger charge is -2.02. The summed E-state index contributed by atoms with van der Waals surface area (Å²) in [7, 11) is -6.80. The van der Waals surface area contributed by atoms with Crippen molar-refractivity contribution in [3.8, 4) is 0 Å². The van der Waals surface area contributed by atoms with Crippen molar-refractivity contribution in [2.45, 2.75) is 26.7 Å². The molecule has 80 valence electrons. The molecule has 0 aromatic carbocycles. The molecule has 0 amide bonds. The molecule has 0 N–H and O–H groups in total. The van der Waals surface area contributed by atoms with Crippen LogP contribution in [0.1, 0.15) is 26.7 Å². The van der Waals surface area contributed by atoms with Crippen LogP contribution in [0.2, 0.25) is 0 Å². The Balaban J connectivity index is 4.36. The molecule has 0 fully saturated rings. The number of hydrogen-bond donors (Lipinski definition) is 0. The Morgan fingerprint density at radius 1 is 0.923 bits per heavy atom. The summed E-state index contributed by atoms with van der Waals surface area (Å²) in [5.41, 5.74) is 0. The van der Waals surface area contributed by atoms with Gasteiger partial charge in [-0.1, -0.05) is 20.3 Å². The number of rotatable bonds is 6. The first kappa shape index (κ1) is 12.9. The Morgan fingerprint density at radius 2 is 1.46 bits per heavy atom. The molecular weight excluding hydrogens is 212 g/mol. The van der Waals surface area contributed by atoms with Crippen LogP contribution in [0, 0.1) is 0 Å². The molecule has 0 aliphatic carbocycles. The van der Waals surface area contributed by atoms with Crippen LogP contribution in [0.3, 0.4) is 0 Å². The van der Waals surface area contributed by atoms with Gasteiger partial charge in [0.1, 0.15) is 0 Å². The summed E-state index contributed by atoms with van der Waals surface area (Å²) < 4.78 is 44.4. The molecule has 4 nitrogen and oxygen atoms in total. The van der Waals surface area contributed by atoms with Gasteiger partial charge >= 0.3 is 0 Å². The summed E-state index contributed by atoms with van der Waals surface area (Å²) in [5, 5.41) is -0.698. The zero-order chi connectivity index (χ0) is 10.5. The van der Waals surface area contributed by atoms with Crippen molar-refractivity contribution in [3.63, 3.8) is 0 Å². The largest absolute Gasteiger partial charge is 0.228 e. The molecule has 0 heterocycles. The molecule has 0 radical (unpaired) electrons. The summed E-state index contributed by atoms with van der Waals surface area (Å²) in [4.78, 5) is 0. The maximum absolute atomic E-state index is 11.2. The highest BCUT2D eigenvalue weighted by atomic mass is 32.3. The molecule has 0 saturated carbocycles. The smallest absolute Gasteiger partial charge is 0.164 e. The van der Waals surface area contributed by atoms with Crippen LogP contribution in [-0.2, 0) is 19.7 Å². The van der Waals surface area contributed by atoms with Crippen LogP contribution in [-0.4, -0.2) is 33.4 Å². The minimum atomic E-state index is -3.40. The average Bonchev–Trinajstić information content (AvgIpc) is 1.99. The maximum atomic E-state index is 11.2. The van der Waals surface area contributed by atoms with Crippen LogP contribution in [0.5, 0.6) is 0 Å². The third-order valence-corrected chi connectivity index (χ3v) is 6.27. The highest BCUT2D eigenvalue weighted by Crippen LogP contribution is 2.02. The lowest BCUT2D eigenvalue weighted by Crippen LogP contribution is -2.20. The van der Waals surface area contributed by atoms with Gasteiger partial charge in [0, 0.05) is 5.75 Å². The molecule has 0 rings (SSSR count). The summed E-state index contributed by atoms with van der Waals surface area (Å²) in [6.45, 7) is 3.31. The molecule has 0 aromatic heterocycles. The third-order valence-electron chi connectivity index (χ3n) is 1.61. The van der Waals surface area contributed by atoms with Gasteiger partial charge in [0.15, 0.2) is 24.8 Å². The fourth-order valence-corrected chi connectivity index (χ4v) is 4.84. The minimum Gasteiger partial charge on any atom is -0.228 e. The molecular formula is C7H16O4S2. The third kappa shape index (κ3) is 6.04. The molecule has 0 aromatic rings. The van der Waals surface area contributed by atoms with Gasteiger partial charge in [0.2, 0.25) is 0 Å². The molecule has 13 heavy (non-hydrogen) atoms. The van der Waals surface area contributed by atoms with Crippen LogP contribution in [0.4, 0.5) is 0 Å². The van der Waals surface area contributed by atoms with E-state index in [4.69, 9.17) is 0 Å². The zero-order valence-electron chi connectivity index (χ0n) is 7.99. The summed E-state index contributed by atoms with van der Waals surface area (Å²) in [6.07, 6.45) is 1.28. The first-order valence-corrected chi connectivity index (χ1v) is 7.88. The van der Waals surface area contributed by atoms with Crippen LogP contribution in [0.15, 0.2) is 0 Å². The second-order valence-corrected chi connectivity index (χ2v) is 7.85. The van der Waals surface area contributed by atoms with Crippen molar-refractivity contribution in [2.75, 3.05) is 16.6 Å². The predicted octanol–water partition coefficient (Wildman–Crippen LogP) is 0.594. The molecule has 0 spiro atoms. The van der Waals surface area contributed by atoms with E-state index < -0.39 is 24.8 Å². The Hall–Kier alpha value is -0.100. The van der Waals surface area contributed by atoms with Gasteiger partial charge in [-0.2, -0.15) is 0 Å². The average molecular weight is 228 g/mol. The Bertz CT molecular complexity index is 326. The Labute approximate surface area is 80.2 Å². The number of unbranched alkanes of at least 4 members (excludes halogenated alkanes) is 1. The molecule has 0 bridgehead atoms. The lowest BCUT2D eigenvalue weighted by molar-refractivity contribution is 0.587. The minimum absolute atomic E-state index is 0.0251. The maximum Gasteiger partial charge on any atom is 0.164 e. The number of sulfone groups is 2. The highest BCUT2D eigenvalue weighted by molar-refractivity contribution is 8.07. The van der Waals surface area contributed by atoms with Gasteiger partial charge < -0.3 is 0 Å². The molecule has 0 atom stereocenters. The fraction of sp³-hybridized carbons (Fsp3) is 1.00. The van der Waals surface area contributed by atoms with Crippen molar-refractivity contribution < 1.29 is 16.8 Å². The van der Waals surface area contributed by atoms with Gasteiger partial charge in [0.05, 0.1) is 5.75 Å². The lowest BCUT2D eigenvalue weighted by atomic mass is 10.4. The van der Waals surface area contributed by atoms with Gasteiger partial charge in [-0.3, -0.25) is 0 Å². The zero-order valence-corrected chi connectivity index (χ0v) is 9.62. The van der Waals surface area contributed by atoms with Gasteiger partial charge in [-0.15, -0.1) is 0 Å². The molecule has 0 unspecified atom stereocenters. The van der Waals surface area contributed by atoms with E-state index in [0.717, 1.165) is 6.42 Å². The van der Waals surface area contributed by atoms with Crippen molar-refractivity contribution in [1.82, 2.24) is 0 Å². The standard InChI is InChI=1S/C7H16O4S2/c1-3-5-6-13(10,11)7-12(8,9)4-2/h3-7H2,1-2H3. The first-order chi connectivity index (χ1) is 5.83. The first-order valence-electron chi connectivity index (χ1n) is 4.24. The topological polar surface area (TPSA) is 68.3 Å². The second-order valence-electron chi connectivity index (χ2n) is 2.95. The highest BCUT2D eigenvalue weighted by Gasteiger charge is 2.19. The van der Waals surface area contributed by atoms with Gasteiger partial charge in [-0.25, -0.2) is 16.8 Å². The van der Waals surface area contributed by atoms with E-state index in [0.29, 0.717) is 6.42 Å². The molecule has 0 saturated heterocycles.